The van der Waals surface area contributed by atoms with Gasteiger partial charge in [0.25, 0.3) is 5.69 Å². The third kappa shape index (κ3) is 6.24. The van der Waals surface area contributed by atoms with Crippen molar-refractivity contribution in [3.05, 3.63) is 34.4 Å². The maximum Gasteiger partial charge on any atom is 0.271 e. The maximum atomic E-state index is 11.6. The average molecular weight is 282 g/mol. The van der Waals surface area contributed by atoms with Gasteiger partial charge in [-0.3, -0.25) is 14.9 Å². The SMILES string of the molecule is CC(C)CCSCC(=O)Nc1cccc([N+](=O)[O-])c1. The number of hydrogen-bond donors (Lipinski definition) is 1. The van der Waals surface area contributed by atoms with Gasteiger partial charge in [-0.25, -0.2) is 0 Å². The first kappa shape index (κ1) is 15.5. The Hall–Kier alpha value is -1.56. The number of non-ortho nitro benzene ring substituents is 1. The normalized spacial score (nSPS) is 10.5. The molecule has 104 valence electrons. The molecule has 0 radical (unpaired) electrons. The molecule has 0 bridgehead atoms. The first-order valence-electron chi connectivity index (χ1n) is 6.11. The largest absolute Gasteiger partial charge is 0.325 e. The lowest BCUT2D eigenvalue weighted by Crippen LogP contribution is -2.14. The van der Waals surface area contributed by atoms with Crippen LogP contribution in [-0.2, 0) is 4.79 Å². The molecule has 1 rings (SSSR count). The van der Waals surface area contributed by atoms with E-state index in [9.17, 15) is 14.9 Å². The van der Waals surface area contributed by atoms with Crippen LogP contribution in [-0.4, -0.2) is 22.3 Å². The van der Waals surface area contributed by atoms with Crippen LogP contribution in [0.2, 0.25) is 0 Å². The van der Waals surface area contributed by atoms with E-state index in [-0.39, 0.29) is 11.6 Å². The van der Waals surface area contributed by atoms with Crippen LogP contribution in [0.25, 0.3) is 0 Å². The zero-order valence-corrected chi connectivity index (χ0v) is 11.9. The summed E-state index contributed by atoms with van der Waals surface area (Å²) in [5.74, 6) is 1.82. The number of hydrogen-bond acceptors (Lipinski definition) is 4. The molecule has 1 aromatic rings. The maximum absolute atomic E-state index is 11.6. The summed E-state index contributed by atoms with van der Waals surface area (Å²) < 4.78 is 0. The third-order valence-electron chi connectivity index (χ3n) is 2.41. The van der Waals surface area contributed by atoms with Crippen molar-refractivity contribution in [3.8, 4) is 0 Å². The van der Waals surface area contributed by atoms with Gasteiger partial charge in [-0.05, 0) is 24.2 Å². The zero-order valence-electron chi connectivity index (χ0n) is 11.1. The minimum Gasteiger partial charge on any atom is -0.325 e. The molecule has 0 aliphatic carbocycles. The van der Waals surface area contributed by atoms with E-state index in [4.69, 9.17) is 0 Å². The molecule has 0 heterocycles. The second kappa shape index (κ2) is 7.78. The van der Waals surface area contributed by atoms with Crippen molar-refractivity contribution < 1.29 is 9.72 Å². The van der Waals surface area contributed by atoms with E-state index < -0.39 is 4.92 Å². The summed E-state index contributed by atoms with van der Waals surface area (Å²) >= 11 is 1.57. The van der Waals surface area contributed by atoms with Crippen molar-refractivity contribution in [2.45, 2.75) is 20.3 Å². The van der Waals surface area contributed by atoms with E-state index in [1.54, 1.807) is 23.9 Å². The van der Waals surface area contributed by atoms with Crippen LogP contribution in [0.4, 0.5) is 11.4 Å². The Bertz CT molecular complexity index is 449. The number of amides is 1. The van der Waals surface area contributed by atoms with Crippen LogP contribution in [0.5, 0.6) is 0 Å². The summed E-state index contributed by atoms with van der Waals surface area (Å²) in [6.07, 6.45) is 1.08. The second-order valence-corrected chi connectivity index (χ2v) is 5.70. The van der Waals surface area contributed by atoms with E-state index in [1.165, 1.54) is 12.1 Å². The Labute approximate surface area is 116 Å². The lowest BCUT2D eigenvalue weighted by molar-refractivity contribution is -0.384. The number of nitrogens with zero attached hydrogens (tertiary/aromatic N) is 1. The Balaban J connectivity index is 2.40. The molecule has 0 aromatic heterocycles. The standard InChI is InChI=1S/C13H18N2O3S/c1-10(2)6-7-19-9-13(16)14-11-4-3-5-12(8-11)15(17)18/h3-5,8,10H,6-7,9H2,1-2H3,(H,14,16). The van der Waals surface area contributed by atoms with Crippen LogP contribution in [0, 0.1) is 16.0 Å². The minimum absolute atomic E-state index is 0.0229. The number of rotatable bonds is 7. The lowest BCUT2D eigenvalue weighted by Gasteiger charge is -2.06. The summed E-state index contributed by atoms with van der Waals surface area (Å²) in [6.45, 7) is 4.29. The number of nitrogens with one attached hydrogen (secondary N) is 1. The molecular formula is C13H18N2O3S. The highest BCUT2D eigenvalue weighted by Crippen LogP contribution is 2.17. The fraction of sp³-hybridized carbons (Fsp3) is 0.462. The van der Waals surface area contributed by atoms with Gasteiger partial charge in [-0.1, -0.05) is 19.9 Å². The molecular weight excluding hydrogens is 264 g/mol. The molecule has 1 aromatic carbocycles. The van der Waals surface area contributed by atoms with Gasteiger partial charge in [-0.2, -0.15) is 11.8 Å². The minimum atomic E-state index is -0.479. The molecule has 0 aliphatic heterocycles. The third-order valence-corrected chi connectivity index (χ3v) is 3.40. The van der Waals surface area contributed by atoms with Gasteiger partial charge >= 0.3 is 0 Å². The molecule has 0 unspecified atom stereocenters. The molecule has 0 saturated heterocycles. The number of anilines is 1. The summed E-state index contributed by atoms with van der Waals surface area (Å²) in [5.41, 5.74) is 0.439. The Morgan fingerprint density at radius 1 is 1.47 bits per heavy atom. The molecule has 0 atom stereocenters. The number of nitro groups is 1. The van der Waals surface area contributed by atoms with Crippen LogP contribution < -0.4 is 5.32 Å². The highest BCUT2D eigenvalue weighted by atomic mass is 32.2. The summed E-state index contributed by atoms with van der Waals surface area (Å²) in [4.78, 5) is 21.8. The van der Waals surface area contributed by atoms with Gasteiger partial charge in [0.05, 0.1) is 10.7 Å². The molecule has 0 spiro atoms. The van der Waals surface area contributed by atoms with E-state index in [0.717, 1.165) is 12.2 Å². The lowest BCUT2D eigenvalue weighted by atomic mass is 10.2. The molecule has 0 aliphatic rings. The van der Waals surface area contributed by atoms with Crippen molar-refractivity contribution in [1.29, 1.82) is 0 Å². The summed E-state index contributed by atoms with van der Waals surface area (Å²) in [7, 11) is 0. The molecule has 0 saturated carbocycles. The van der Waals surface area contributed by atoms with E-state index in [1.807, 2.05) is 0 Å². The second-order valence-electron chi connectivity index (χ2n) is 4.59. The Morgan fingerprint density at radius 2 is 2.21 bits per heavy atom. The molecule has 19 heavy (non-hydrogen) atoms. The van der Waals surface area contributed by atoms with Gasteiger partial charge < -0.3 is 5.32 Å². The predicted molar refractivity (Wildman–Crippen MR) is 78.5 cm³/mol. The van der Waals surface area contributed by atoms with Gasteiger partial charge in [0.1, 0.15) is 0 Å². The quantitative estimate of drug-likeness (QED) is 0.473. The first-order valence-corrected chi connectivity index (χ1v) is 7.26. The Kier molecular flexibility index (Phi) is 6.35. The van der Waals surface area contributed by atoms with Crippen molar-refractivity contribution in [1.82, 2.24) is 0 Å². The monoisotopic (exact) mass is 282 g/mol. The van der Waals surface area contributed by atoms with Crippen molar-refractivity contribution in [2.75, 3.05) is 16.8 Å². The van der Waals surface area contributed by atoms with Gasteiger partial charge in [0.2, 0.25) is 5.91 Å². The number of thioether (sulfide) groups is 1. The number of carbonyl (C=O) groups is 1. The smallest absolute Gasteiger partial charge is 0.271 e. The van der Waals surface area contributed by atoms with Crippen LogP contribution in [0.1, 0.15) is 20.3 Å². The summed E-state index contributed by atoms with van der Waals surface area (Å²) in [5, 5.41) is 13.3. The van der Waals surface area contributed by atoms with Gasteiger partial charge in [-0.15, -0.1) is 0 Å². The number of benzene rings is 1. The topological polar surface area (TPSA) is 72.2 Å². The number of carbonyl (C=O) groups excluding carboxylic acids is 1. The highest BCUT2D eigenvalue weighted by molar-refractivity contribution is 7.99. The van der Waals surface area contributed by atoms with E-state index in [0.29, 0.717) is 17.4 Å². The average Bonchev–Trinajstić information content (AvgIpc) is 2.34. The molecule has 1 N–H and O–H groups in total. The molecule has 5 nitrogen and oxygen atoms in total. The van der Waals surface area contributed by atoms with Crippen LogP contribution >= 0.6 is 11.8 Å². The molecule has 0 fully saturated rings. The van der Waals surface area contributed by atoms with Crippen LogP contribution in [0.3, 0.4) is 0 Å². The van der Waals surface area contributed by atoms with Crippen molar-refractivity contribution in [2.24, 2.45) is 5.92 Å². The van der Waals surface area contributed by atoms with Gasteiger partial charge in [0.15, 0.2) is 0 Å². The fourth-order valence-corrected chi connectivity index (χ4v) is 2.42. The van der Waals surface area contributed by atoms with Crippen molar-refractivity contribution >= 4 is 29.0 Å². The Morgan fingerprint density at radius 3 is 2.84 bits per heavy atom. The molecule has 6 heteroatoms. The first-order chi connectivity index (χ1) is 8.99. The van der Waals surface area contributed by atoms with Crippen LogP contribution in [0.15, 0.2) is 24.3 Å². The predicted octanol–water partition coefficient (Wildman–Crippen LogP) is 3.31. The molecule has 1 amide bonds. The zero-order chi connectivity index (χ0) is 14.3. The van der Waals surface area contributed by atoms with Gasteiger partial charge in [0, 0.05) is 17.8 Å². The number of nitro benzene ring substituents is 1. The van der Waals surface area contributed by atoms with E-state index >= 15 is 0 Å². The fourth-order valence-electron chi connectivity index (χ4n) is 1.38. The van der Waals surface area contributed by atoms with E-state index in [2.05, 4.69) is 19.2 Å². The van der Waals surface area contributed by atoms with Crippen molar-refractivity contribution in [3.63, 3.8) is 0 Å². The summed E-state index contributed by atoms with van der Waals surface area (Å²) in [6, 6.07) is 5.95. The highest BCUT2D eigenvalue weighted by Gasteiger charge is 2.08.